The molecule has 2 atom stereocenters. The molecule has 43 heavy (non-hydrogen) atoms. The summed E-state index contributed by atoms with van der Waals surface area (Å²) in [7, 11) is 2.45. The molecule has 0 saturated carbocycles. The Labute approximate surface area is 244 Å². The van der Waals surface area contributed by atoms with Crippen molar-refractivity contribution in [3.8, 4) is 0 Å². The van der Waals surface area contributed by atoms with Gasteiger partial charge in [-0.3, -0.25) is 14.6 Å². The van der Waals surface area contributed by atoms with Gasteiger partial charge in [0.15, 0.2) is 29.1 Å². The van der Waals surface area contributed by atoms with Crippen molar-refractivity contribution in [1.82, 2.24) is 14.9 Å². The molecule has 2 heterocycles. The van der Waals surface area contributed by atoms with Crippen LogP contribution in [0.5, 0.6) is 0 Å². The Morgan fingerprint density at radius 2 is 1.65 bits per heavy atom. The summed E-state index contributed by atoms with van der Waals surface area (Å²) < 4.78 is 78.9. The van der Waals surface area contributed by atoms with Crippen molar-refractivity contribution in [2.24, 2.45) is 10.9 Å². The summed E-state index contributed by atoms with van der Waals surface area (Å²) in [6, 6.07) is 2.74. The number of nitrogens with zero attached hydrogens (tertiary/aromatic N) is 4. The van der Waals surface area contributed by atoms with Gasteiger partial charge in [-0.1, -0.05) is 6.07 Å². The van der Waals surface area contributed by atoms with Crippen molar-refractivity contribution in [3.05, 3.63) is 70.5 Å². The van der Waals surface area contributed by atoms with E-state index >= 15 is 0 Å². The number of urea groups is 1. The van der Waals surface area contributed by atoms with Gasteiger partial charge in [-0.15, -0.1) is 0 Å². The monoisotopic (exact) mass is 610 g/mol. The quantitative estimate of drug-likeness (QED) is 0.162. The minimum Gasteiger partial charge on any atom is -0.468 e. The molecule has 232 valence electrons. The molecule has 3 amide bonds. The molecule has 0 radical (unpaired) electrons. The molecular weight excluding hydrogens is 579 g/mol. The Morgan fingerprint density at radius 1 is 1.00 bits per heavy atom. The van der Waals surface area contributed by atoms with E-state index in [0.717, 1.165) is 41.4 Å². The lowest BCUT2D eigenvalue weighted by molar-refractivity contribution is -0.150. The largest absolute Gasteiger partial charge is 0.468 e. The number of methoxy groups -OCH3 is 2. The lowest BCUT2D eigenvalue weighted by atomic mass is 9.87. The fourth-order valence-corrected chi connectivity index (χ4v) is 5.62. The van der Waals surface area contributed by atoms with Crippen molar-refractivity contribution < 1.29 is 45.8 Å². The molecule has 2 aliphatic heterocycles. The molecule has 0 spiro atoms. The first kappa shape index (κ1) is 32.0. The van der Waals surface area contributed by atoms with Crippen LogP contribution in [-0.4, -0.2) is 86.0 Å². The Kier molecular flexibility index (Phi) is 10.5. The number of likely N-dealkylation sites (tertiary alicyclic amines) is 1. The Hall–Kier alpha value is -3.91. The van der Waals surface area contributed by atoms with Gasteiger partial charge in [0.25, 0.3) is 0 Å². The number of halogens is 5. The highest BCUT2D eigenvalue weighted by atomic mass is 19.2. The zero-order valence-corrected chi connectivity index (χ0v) is 23.6. The number of aliphatic imine (C=N–C) groups is 1. The van der Waals surface area contributed by atoms with E-state index in [0.29, 0.717) is 50.9 Å². The maximum Gasteiger partial charge on any atom is 0.363 e. The highest BCUT2D eigenvalue weighted by molar-refractivity contribution is 6.10. The molecule has 1 saturated heterocycles. The highest BCUT2D eigenvalue weighted by Gasteiger charge is 2.47. The number of carbonyl (C=O) groups excluding carboxylic acids is 3. The fraction of sp³-hybridized carbons (Fsp3) is 0.448. The third-order valence-corrected chi connectivity index (χ3v) is 7.73. The smallest absolute Gasteiger partial charge is 0.363 e. The van der Waals surface area contributed by atoms with Crippen molar-refractivity contribution in [2.45, 2.75) is 31.2 Å². The van der Waals surface area contributed by atoms with Gasteiger partial charge in [-0.2, -0.15) is 4.99 Å². The van der Waals surface area contributed by atoms with Crippen LogP contribution in [0.1, 0.15) is 42.3 Å². The van der Waals surface area contributed by atoms with Gasteiger partial charge in [-0.05, 0) is 80.2 Å². The third-order valence-electron chi connectivity index (χ3n) is 7.73. The number of esters is 1. The van der Waals surface area contributed by atoms with E-state index < -0.39 is 53.0 Å². The minimum atomic E-state index is -1.50. The standard InChI is InChI=1S/C29H31F5N4O5/c1-42-15-24-25(28(40)43-2)27(18-4-5-20(30)21(31)12-18)38(29(41)35-24)37(16-39)9-3-8-36-10-6-17(7-11-36)19-13-22(32)26(34)23(33)14-19/h4-5,12-14,16-17,25,27H,3,6-11,15H2,1-2H3. The molecule has 0 aromatic heterocycles. The molecule has 2 aliphatic rings. The van der Waals surface area contributed by atoms with Crippen molar-refractivity contribution in [2.75, 3.05) is 47.0 Å². The van der Waals surface area contributed by atoms with Gasteiger partial charge in [0.2, 0.25) is 6.41 Å². The maximum absolute atomic E-state index is 14.3. The minimum absolute atomic E-state index is 0.0000277. The van der Waals surface area contributed by atoms with Crippen molar-refractivity contribution >= 4 is 24.1 Å². The number of rotatable bonds is 11. The van der Waals surface area contributed by atoms with Gasteiger partial charge >= 0.3 is 12.0 Å². The molecule has 1 fully saturated rings. The van der Waals surface area contributed by atoms with Crippen LogP contribution in [0.2, 0.25) is 0 Å². The summed E-state index contributed by atoms with van der Waals surface area (Å²) in [6.45, 7) is 1.41. The number of ether oxygens (including phenoxy) is 2. The summed E-state index contributed by atoms with van der Waals surface area (Å²) in [5.74, 6) is -8.56. The summed E-state index contributed by atoms with van der Waals surface area (Å²) in [4.78, 5) is 44.5. The predicted octanol–water partition coefficient (Wildman–Crippen LogP) is 4.38. The fourth-order valence-electron chi connectivity index (χ4n) is 5.62. The van der Waals surface area contributed by atoms with Crippen molar-refractivity contribution in [3.63, 3.8) is 0 Å². The second-order valence-electron chi connectivity index (χ2n) is 10.3. The van der Waals surface area contributed by atoms with Crippen LogP contribution in [0, 0.1) is 35.0 Å². The normalized spacial score (nSPS) is 19.7. The molecule has 0 bridgehead atoms. The van der Waals surface area contributed by atoms with Crippen LogP contribution in [0.4, 0.5) is 26.7 Å². The molecular formula is C29H31F5N4O5. The van der Waals surface area contributed by atoms with Crippen LogP contribution in [0.3, 0.4) is 0 Å². The average Bonchev–Trinajstić information content (AvgIpc) is 2.99. The second-order valence-corrected chi connectivity index (χ2v) is 10.3. The lowest BCUT2D eigenvalue weighted by Crippen LogP contribution is -2.55. The number of amides is 3. The summed E-state index contributed by atoms with van der Waals surface area (Å²) >= 11 is 0. The zero-order valence-electron chi connectivity index (χ0n) is 23.6. The number of piperidine rings is 1. The summed E-state index contributed by atoms with van der Waals surface area (Å²) in [5.41, 5.74) is 0.428. The highest BCUT2D eigenvalue weighted by Crippen LogP contribution is 2.37. The molecule has 4 rings (SSSR count). The topological polar surface area (TPSA) is 91.8 Å². The van der Waals surface area contributed by atoms with E-state index in [1.165, 1.54) is 13.2 Å². The van der Waals surface area contributed by atoms with Crippen LogP contribution >= 0.6 is 0 Å². The molecule has 2 unspecified atom stereocenters. The van der Waals surface area contributed by atoms with Gasteiger partial charge in [0.05, 0.1) is 25.5 Å². The van der Waals surface area contributed by atoms with E-state index in [4.69, 9.17) is 9.47 Å². The van der Waals surface area contributed by atoms with Gasteiger partial charge in [0.1, 0.15) is 5.92 Å². The molecule has 9 nitrogen and oxygen atoms in total. The molecule has 0 aliphatic carbocycles. The van der Waals surface area contributed by atoms with Gasteiger partial charge < -0.3 is 14.4 Å². The number of benzene rings is 2. The summed E-state index contributed by atoms with van der Waals surface area (Å²) in [6.07, 6.45) is 1.90. The number of hydrogen-bond donors (Lipinski definition) is 0. The first-order valence-corrected chi connectivity index (χ1v) is 13.6. The van der Waals surface area contributed by atoms with E-state index in [1.807, 2.05) is 0 Å². The lowest BCUT2D eigenvalue weighted by Gasteiger charge is -2.43. The predicted molar refractivity (Wildman–Crippen MR) is 143 cm³/mol. The molecule has 2 aromatic carbocycles. The third kappa shape index (κ3) is 7.02. The van der Waals surface area contributed by atoms with Gasteiger partial charge in [-0.25, -0.2) is 31.8 Å². The molecule has 14 heteroatoms. The van der Waals surface area contributed by atoms with Gasteiger partial charge in [0, 0.05) is 13.7 Å². The van der Waals surface area contributed by atoms with Crippen LogP contribution < -0.4 is 0 Å². The maximum atomic E-state index is 14.3. The van der Waals surface area contributed by atoms with Crippen LogP contribution in [0.15, 0.2) is 35.3 Å². The number of carbonyl (C=O) groups is 3. The SMILES string of the molecule is COCC1=NC(=O)N(N(C=O)CCCN2CCC(c3cc(F)c(F)c(F)c3)CC2)C(c2ccc(F)c(F)c2)C1C(=O)OC. The Morgan fingerprint density at radius 3 is 2.23 bits per heavy atom. The number of hydrogen-bond acceptors (Lipinski definition) is 6. The molecule has 2 aromatic rings. The van der Waals surface area contributed by atoms with E-state index in [9.17, 15) is 36.3 Å². The Balaban J connectivity index is 1.49. The number of hydrazine groups is 1. The first-order chi connectivity index (χ1) is 20.6. The van der Waals surface area contributed by atoms with Crippen LogP contribution in [-0.2, 0) is 19.1 Å². The molecule has 0 N–H and O–H groups in total. The zero-order chi connectivity index (χ0) is 31.3. The van der Waals surface area contributed by atoms with E-state index in [2.05, 4.69) is 9.89 Å². The Bertz CT molecular complexity index is 1360. The van der Waals surface area contributed by atoms with Crippen LogP contribution in [0.25, 0.3) is 0 Å². The van der Waals surface area contributed by atoms with E-state index in [-0.39, 0.29) is 30.3 Å². The second kappa shape index (κ2) is 14.0. The summed E-state index contributed by atoms with van der Waals surface area (Å²) in [5, 5.41) is 1.97. The van der Waals surface area contributed by atoms with E-state index in [1.54, 1.807) is 0 Å². The first-order valence-electron chi connectivity index (χ1n) is 13.6. The average molecular weight is 611 g/mol. The van der Waals surface area contributed by atoms with Crippen molar-refractivity contribution in [1.29, 1.82) is 0 Å².